The molecule has 1 aliphatic carbocycles. The highest BCUT2D eigenvalue weighted by atomic mass is 32.2. The number of likely N-dealkylation sites (N-methyl/N-ethyl adjacent to an activating group) is 1. The zero-order chi connectivity index (χ0) is 28.3. The number of nitrogens with zero attached hydrogens (tertiary/aromatic N) is 7. The zero-order valence-electron chi connectivity index (χ0n) is 23.6. The fourth-order valence-corrected chi connectivity index (χ4v) is 8.44. The van der Waals surface area contributed by atoms with Crippen LogP contribution in [0.2, 0.25) is 0 Å². The minimum atomic E-state index is -3.61. The van der Waals surface area contributed by atoms with Crippen molar-refractivity contribution in [2.75, 3.05) is 78.0 Å². The number of sulfonamides is 1. The maximum Gasteiger partial charge on any atom is 0.254 e. The minimum Gasteiger partial charge on any atom is -0.385 e. The average Bonchev–Trinajstić information content (AvgIpc) is 3.65. The summed E-state index contributed by atoms with van der Waals surface area (Å²) in [6.45, 7) is 8.32. The van der Waals surface area contributed by atoms with E-state index in [2.05, 4.69) is 43.2 Å². The Hall–Kier alpha value is -2.16. The molecule has 0 amide bonds. The van der Waals surface area contributed by atoms with Gasteiger partial charge in [0.2, 0.25) is 0 Å². The Kier molecular flexibility index (Phi) is 9.38. The van der Waals surface area contributed by atoms with Crippen molar-refractivity contribution in [2.45, 2.75) is 42.5 Å². The van der Waals surface area contributed by atoms with Crippen molar-refractivity contribution >= 4 is 26.5 Å². The molecule has 0 radical (unpaired) electrons. The Morgan fingerprint density at radius 1 is 1.05 bits per heavy atom. The lowest BCUT2D eigenvalue weighted by Crippen LogP contribution is -2.49. The highest BCUT2D eigenvalue weighted by Gasteiger charge is 2.34. The molecular weight excluding hydrogens is 553 g/mol. The molecule has 5 rings (SSSR count). The molecule has 0 spiro atoms. The maximum atomic E-state index is 13.6. The number of rotatable bonds is 10. The summed E-state index contributed by atoms with van der Waals surface area (Å²) in [5.41, 5.74) is 2.23. The number of hydrogen-bond donors (Lipinski definition) is 0. The molecule has 13 heteroatoms. The minimum absolute atomic E-state index is 0.0264. The Labute approximate surface area is 240 Å². The van der Waals surface area contributed by atoms with Crippen molar-refractivity contribution in [1.29, 1.82) is 0 Å². The van der Waals surface area contributed by atoms with E-state index in [1.165, 1.54) is 23.1 Å². The summed E-state index contributed by atoms with van der Waals surface area (Å²) >= 11 is 1.27. The molecule has 3 aliphatic rings. The topological polar surface area (TPSA) is 87.0 Å². The van der Waals surface area contributed by atoms with Crippen LogP contribution in [0, 0.1) is 0 Å². The summed E-state index contributed by atoms with van der Waals surface area (Å²) in [6.07, 6.45) is 10.6. The van der Waals surface area contributed by atoms with Gasteiger partial charge in [0.25, 0.3) is 10.0 Å². The predicted octanol–water partition coefficient (Wildman–Crippen LogP) is 3.31. The Bertz CT molecular complexity index is 1310. The number of piperazine rings is 2. The summed E-state index contributed by atoms with van der Waals surface area (Å²) in [6, 6.07) is 0.0767. The smallest absolute Gasteiger partial charge is 0.254 e. The summed E-state index contributed by atoms with van der Waals surface area (Å²) in [4.78, 5) is 15.7. The van der Waals surface area contributed by atoms with Gasteiger partial charge in [-0.3, -0.25) is 4.90 Å². The second-order valence-corrected chi connectivity index (χ2v) is 13.9. The molecule has 2 atom stereocenters. The van der Waals surface area contributed by atoms with Gasteiger partial charge in [-0.25, -0.2) is 22.8 Å². The lowest BCUT2D eigenvalue weighted by molar-refractivity contribution is 0.0970. The first-order chi connectivity index (χ1) is 19.3. The van der Waals surface area contributed by atoms with Crippen LogP contribution < -0.4 is 4.90 Å². The Morgan fingerprint density at radius 2 is 1.80 bits per heavy atom. The normalized spacial score (nSPS) is 21.8. The third kappa shape index (κ3) is 6.34. The first-order valence-corrected chi connectivity index (χ1v) is 16.2. The molecule has 2 aromatic heterocycles. The predicted molar refractivity (Wildman–Crippen MR) is 155 cm³/mol. The Morgan fingerprint density at radius 3 is 2.48 bits per heavy atom. The standard InChI is InChI=1S/C27H40FN7O3S2/c1-21(22-4-6-23(28)7-5-22)35-20-29-18-25(35)24(8-17-38-3)32-13-15-34(16-14-32)40(36,37)26-19-30-27(39-26)33-11-9-31(2)10-12-33/h4,6,18-21,24H,5,7-17H2,1-3H3/t21-,24?/m1/s1. The molecular formula is C27H40FN7O3S2. The van der Waals surface area contributed by atoms with Crippen LogP contribution in [0.4, 0.5) is 9.52 Å². The number of halogens is 1. The van der Waals surface area contributed by atoms with Crippen molar-refractivity contribution in [2.24, 2.45) is 0 Å². The van der Waals surface area contributed by atoms with Gasteiger partial charge in [0.05, 0.1) is 30.3 Å². The van der Waals surface area contributed by atoms with Crippen LogP contribution in [0.3, 0.4) is 0 Å². The first kappa shape index (κ1) is 29.3. The van der Waals surface area contributed by atoms with E-state index < -0.39 is 10.0 Å². The van der Waals surface area contributed by atoms with Crippen LogP contribution >= 0.6 is 11.3 Å². The lowest BCUT2D eigenvalue weighted by atomic mass is 9.97. The fourth-order valence-electron chi connectivity index (χ4n) is 5.69. The van der Waals surface area contributed by atoms with Crippen LogP contribution in [0.25, 0.3) is 0 Å². The van der Waals surface area contributed by atoms with Crippen LogP contribution in [-0.2, 0) is 14.8 Å². The monoisotopic (exact) mass is 593 g/mol. The van der Waals surface area contributed by atoms with Crippen molar-refractivity contribution in [3.63, 3.8) is 0 Å². The number of anilines is 1. The second-order valence-electron chi connectivity index (χ2n) is 10.7. The molecule has 2 fully saturated rings. The summed E-state index contributed by atoms with van der Waals surface area (Å²) in [5, 5.41) is 0.777. The van der Waals surface area contributed by atoms with Crippen LogP contribution in [0.15, 0.2) is 46.5 Å². The molecule has 10 nitrogen and oxygen atoms in total. The second kappa shape index (κ2) is 12.8. The lowest BCUT2D eigenvalue weighted by Gasteiger charge is -2.39. The number of aromatic nitrogens is 3. The van der Waals surface area contributed by atoms with Gasteiger partial charge in [-0.15, -0.1) is 0 Å². The Balaban J connectivity index is 1.27. The molecule has 0 aromatic carbocycles. The van der Waals surface area contributed by atoms with Crippen LogP contribution in [-0.4, -0.2) is 110 Å². The van der Waals surface area contributed by atoms with E-state index in [-0.39, 0.29) is 17.9 Å². The van der Waals surface area contributed by atoms with Gasteiger partial charge in [-0.05, 0) is 38.5 Å². The van der Waals surface area contributed by atoms with Gasteiger partial charge in [-0.2, -0.15) is 4.31 Å². The van der Waals surface area contributed by atoms with Gasteiger partial charge >= 0.3 is 0 Å². The molecule has 2 aliphatic heterocycles. The van der Waals surface area contributed by atoms with Gasteiger partial charge < -0.3 is 19.1 Å². The number of methoxy groups -OCH3 is 1. The fraction of sp³-hybridized carbons (Fsp3) is 0.630. The number of allylic oxidation sites excluding steroid dienone is 4. The third-order valence-corrected chi connectivity index (χ3v) is 11.7. The van der Waals surface area contributed by atoms with Gasteiger partial charge in [0.15, 0.2) is 9.34 Å². The SMILES string of the molecule is COCCC(c1cncn1[C@H](C)C1=CC=C(F)CC1)N1CCN(S(=O)(=O)c2cnc(N3CCN(C)CC3)s2)CC1. The van der Waals surface area contributed by atoms with E-state index in [9.17, 15) is 12.8 Å². The van der Waals surface area contributed by atoms with E-state index >= 15 is 0 Å². The average molecular weight is 594 g/mol. The van der Waals surface area contributed by atoms with Crippen LogP contribution in [0.1, 0.15) is 44.0 Å². The maximum absolute atomic E-state index is 13.6. The van der Waals surface area contributed by atoms with E-state index in [0.717, 1.165) is 43.4 Å². The van der Waals surface area contributed by atoms with E-state index in [1.807, 2.05) is 18.6 Å². The molecule has 4 heterocycles. The molecule has 2 saturated heterocycles. The van der Waals surface area contributed by atoms with Crippen molar-refractivity contribution in [3.05, 3.63) is 48.0 Å². The number of thiazole rings is 1. The van der Waals surface area contributed by atoms with Gasteiger partial charge in [0, 0.05) is 78.7 Å². The van der Waals surface area contributed by atoms with Crippen molar-refractivity contribution in [1.82, 2.24) is 28.6 Å². The number of hydrogen-bond acceptors (Lipinski definition) is 9. The van der Waals surface area contributed by atoms with Crippen molar-refractivity contribution < 1.29 is 17.5 Å². The van der Waals surface area contributed by atoms with E-state index in [0.29, 0.717) is 49.8 Å². The number of imidazole rings is 1. The molecule has 0 saturated carbocycles. The quantitative estimate of drug-likeness (QED) is 0.415. The summed E-state index contributed by atoms with van der Waals surface area (Å²) in [7, 11) is 0.178. The molecule has 0 bridgehead atoms. The molecule has 2 aromatic rings. The summed E-state index contributed by atoms with van der Waals surface area (Å²) in [5.74, 6) is -0.0820. The number of ether oxygens (including phenoxy) is 1. The first-order valence-electron chi connectivity index (χ1n) is 14.0. The van der Waals surface area contributed by atoms with E-state index in [1.54, 1.807) is 17.5 Å². The highest BCUT2D eigenvalue weighted by Crippen LogP contribution is 2.34. The third-order valence-electron chi connectivity index (χ3n) is 8.27. The van der Waals surface area contributed by atoms with Gasteiger partial charge in [-0.1, -0.05) is 17.4 Å². The van der Waals surface area contributed by atoms with Crippen molar-refractivity contribution in [3.8, 4) is 0 Å². The largest absolute Gasteiger partial charge is 0.385 e. The molecule has 0 N–H and O–H groups in total. The highest BCUT2D eigenvalue weighted by molar-refractivity contribution is 7.91. The molecule has 1 unspecified atom stereocenters. The summed E-state index contributed by atoms with van der Waals surface area (Å²) < 4.78 is 50.2. The van der Waals surface area contributed by atoms with Crippen LogP contribution in [0.5, 0.6) is 0 Å². The van der Waals surface area contributed by atoms with Gasteiger partial charge in [0.1, 0.15) is 5.83 Å². The zero-order valence-corrected chi connectivity index (χ0v) is 25.2. The van der Waals surface area contributed by atoms with E-state index in [4.69, 9.17) is 4.74 Å². The molecule has 220 valence electrons. The molecule has 40 heavy (non-hydrogen) atoms.